The van der Waals surface area contributed by atoms with Crippen LogP contribution in [0.2, 0.25) is 0 Å². The highest BCUT2D eigenvalue weighted by atomic mass is 16.5. The summed E-state index contributed by atoms with van der Waals surface area (Å²) in [4.78, 5) is 10.2. The Morgan fingerprint density at radius 2 is 2.09 bits per heavy atom. The van der Waals surface area contributed by atoms with Gasteiger partial charge in [-0.3, -0.25) is 4.79 Å². The van der Waals surface area contributed by atoms with E-state index in [0.717, 1.165) is 6.29 Å². The maximum absolute atomic E-state index is 10.2. The topological polar surface area (TPSA) is 26.3 Å². The molecule has 0 saturated carbocycles. The minimum absolute atomic E-state index is 0.534. The predicted molar refractivity (Wildman–Crippen MR) is 45.1 cm³/mol. The van der Waals surface area contributed by atoms with E-state index in [1.165, 1.54) is 7.11 Å². The number of allylic oxidation sites excluding steroid dienone is 4. The molecule has 0 aliphatic heterocycles. The van der Waals surface area contributed by atoms with E-state index >= 15 is 0 Å². The largest absolute Gasteiger partial charge is 0.497 e. The van der Waals surface area contributed by atoms with Crippen LogP contribution in [0.15, 0.2) is 36.1 Å². The third kappa shape index (κ3) is 4.14. The summed E-state index contributed by atoms with van der Waals surface area (Å²) in [6, 6.07) is 0. The van der Waals surface area contributed by atoms with Gasteiger partial charge >= 0.3 is 0 Å². The van der Waals surface area contributed by atoms with E-state index in [-0.39, 0.29) is 0 Å². The second-order valence-electron chi connectivity index (χ2n) is 1.91. The van der Waals surface area contributed by atoms with Crippen molar-refractivity contribution >= 4 is 6.29 Å². The van der Waals surface area contributed by atoms with Crippen molar-refractivity contribution in [1.29, 1.82) is 0 Å². The van der Waals surface area contributed by atoms with Crippen molar-refractivity contribution in [3.8, 4) is 0 Å². The lowest BCUT2D eigenvalue weighted by Crippen LogP contribution is -1.80. The quantitative estimate of drug-likeness (QED) is 0.266. The SMILES string of the molecule is C=C(/C=C\C(C=O)=C/C)OC. The molecule has 0 aliphatic carbocycles. The van der Waals surface area contributed by atoms with Gasteiger partial charge in [0.15, 0.2) is 0 Å². The molecule has 0 rings (SSSR count). The monoisotopic (exact) mass is 152 g/mol. The summed E-state index contributed by atoms with van der Waals surface area (Å²) in [5, 5.41) is 0. The van der Waals surface area contributed by atoms with Gasteiger partial charge < -0.3 is 4.74 Å². The zero-order valence-electron chi connectivity index (χ0n) is 6.83. The summed E-state index contributed by atoms with van der Waals surface area (Å²) < 4.78 is 4.77. The summed E-state index contributed by atoms with van der Waals surface area (Å²) in [6.07, 6.45) is 5.79. The highest BCUT2D eigenvalue weighted by Crippen LogP contribution is 1.97. The molecule has 0 saturated heterocycles. The first kappa shape index (κ1) is 9.69. The second kappa shape index (κ2) is 5.47. The lowest BCUT2D eigenvalue weighted by atomic mass is 10.2. The predicted octanol–water partition coefficient (Wildman–Crippen LogP) is 1.85. The number of rotatable bonds is 4. The van der Waals surface area contributed by atoms with E-state index in [2.05, 4.69) is 6.58 Å². The van der Waals surface area contributed by atoms with Crippen LogP contribution in [0.4, 0.5) is 0 Å². The molecule has 60 valence electrons. The fourth-order valence-electron chi connectivity index (χ4n) is 0.461. The van der Waals surface area contributed by atoms with Crippen molar-refractivity contribution in [2.45, 2.75) is 6.92 Å². The zero-order valence-corrected chi connectivity index (χ0v) is 6.83. The summed E-state index contributed by atoms with van der Waals surface area (Å²) in [5.41, 5.74) is 0.614. The van der Waals surface area contributed by atoms with Crippen LogP contribution in [0.1, 0.15) is 6.92 Å². The molecule has 0 unspecified atom stereocenters. The molecule has 0 aromatic carbocycles. The van der Waals surface area contributed by atoms with Gasteiger partial charge in [0, 0.05) is 5.57 Å². The van der Waals surface area contributed by atoms with Gasteiger partial charge in [0.05, 0.1) is 7.11 Å². The van der Waals surface area contributed by atoms with Crippen LogP contribution in [0, 0.1) is 0 Å². The maximum Gasteiger partial charge on any atom is 0.149 e. The van der Waals surface area contributed by atoms with Crippen LogP contribution < -0.4 is 0 Å². The van der Waals surface area contributed by atoms with Crippen LogP contribution in [0.5, 0.6) is 0 Å². The molecular formula is C9H12O2. The Balaban J connectivity index is 4.11. The average Bonchev–Trinajstić information content (AvgIpc) is 2.06. The number of carbonyl (C=O) groups excluding carboxylic acids is 1. The fraction of sp³-hybridized carbons (Fsp3) is 0.222. The number of hydrogen-bond donors (Lipinski definition) is 0. The Labute approximate surface area is 66.9 Å². The van der Waals surface area contributed by atoms with Gasteiger partial charge in [-0.05, 0) is 19.1 Å². The Bertz CT molecular complexity index is 200. The molecule has 0 bridgehead atoms. The maximum atomic E-state index is 10.2. The number of carbonyl (C=O) groups is 1. The summed E-state index contributed by atoms with van der Waals surface area (Å²) >= 11 is 0. The van der Waals surface area contributed by atoms with E-state index in [1.807, 2.05) is 0 Å². The van der Waals surface area contributed by atoms with E-state index in [4.69, 9.17) is 4.74 Å². The summed E-state index contributed by atoms with van der Waals surface area (Å²) in [7, 11) is 1.53. The van der Waals surface area contributed by atoms with Crippen LogP contribution in [-0.2, 0) is 9.53 Å². The van der Waals surface area contributed by atoms with Gasteiger partial charge in [0.1, 0.15) is 12.0 Å². The first-order chi connectivity index (χ1) is 5.24. The van der Waals surface area contributed by atoms with E-state index in [9.17, 15) is 4.79 Å². The van der Waals surface area contributed by atoms with Gasteiger partial charge in [-0.2, -0.15) is 0 Å². The molecule has 0 radical (unpaired) electrons. The number of aldehydes is 1. The van der Waals surface area contributed by atoms with Crippen molar-refractivity contribution in [1.82, 2.24) is 0 Å². The standard InChI is InChI=1S/C9H12O2/c1-4-9(7-10)6-5-8(2)11-3/h4-7H,2H2,1,3H3/b6-5-,9-4+. The van der Waals surface area contributed by atoms with Crippen LogP contribution in [0.3, 0.4) is 0 Å². The highest BCUT2D eigenvalue weighted by Gasteiger charge is 1.85. The first-order valence-electron chi connectivity index (χ1n) is 3.27. The van der Waals surface area contributed by atoms with Crippen molar-refractivity contribution in [2.24, 2.45) is 0 Å². The smallest absolute Gasteiger partial charge is 0.149 e. The summed E-state index contributed by atoms with van der Waals surface area (Å²) in [5.74, 6) is 0.534. The molecule has 0 aromatic rings. The third-order valence-electron chi connectivity index (χ3n) is 1.19. The van der Waals surface area contributed by atoms with Gasteiger partial charge in [-0.15, -0.1) is 0 Å². The normalized spacial score (nSPS) is 11.6. The Hall–Kier alpha value is -1.31. The van der Waals surface area contributed by atoms with Gasteiger partial charge in [-0.25, -0.2) is 0 Å². The molecule has 0 spiro atoms. The molecule has 0 atom stereocenters. The third-order valence-corrected chi connectivity index (χ3v) is 1.19. The summed E-state index contributed by atoms with van der Waals surface area (Å²) in [6.45, 7) is 5.36. The second-order valence-corrected chi connectivity index (χ2v) is 1.91. The molecule has 0 heterocycles. The van der Waals surface area contributed by atoms with Crippen molar-refractivity contribution in [3.05, 3.63) is 36.1 Å². The van der Waals surface area contributed by atoms with Crippen molar-refractivity contribution in [2.75, 3.05) is 7.11 Å². The van der Waals surface area contributed by atoms with Gasteiger partial charge in [0.2, 0.25) is 0 Å². The molecule has 0 amide bonds. The van der Waals surface area contributed by atoms with E-state index in [0.29, 0.717) is 11.3 Å². The lowest BCUT2D eigenvalue weighted by molar-refractivity contribution is -0.104. The Kier molecular flexibility index (Phi) is 4.82. The van der Waals surface area contributed by atoms with Gasteiger partial charge in [0.25, 0.3) is 0 Å². The Morgan fingerprint density at radius 1 is 1.45 bits per heavy atom. The minimum atomic E-state index is 0.534. The molecule has 0 aliphatic rings. The molecule has 2 nitrogen and oxygen atoms in total. The zero-order chi connectivity index (χ0) is 8.69. The minimum Gasteiger partial charge on any atom is -0.497 e. The molecule has 11 heavy (non-hydrogen) atoms. The number of ether oxygens (including phenoxy) is 1. The molecule has 0 N–H and O–H groups in total. The van der Waals surface area contributed by atoms with E-state index in [1.54, 1.807) is 25.2 Å². The fourth-order valence-corrected chi connectivity index (χ4v) is 0.461. The van der Waals surface area contributed by atoms with Crippen LogP contribution >= 0.6 is 0 Å². The molecule has 0 aromatic heterocycles. The van der Waals surface area contributed by atoms with Crippen LogP contribution in [-0.4, -0.2) is 13.4 Å². The van der Waals surface area contributed by atoms with Crippen molar-refractivity contribution in [3.63, 3.8) is 0 Å². The molecule has 2 heteroatoms. The van der Waals surface area contributed by atoms with Crippen molar-refractivity contribution < 1.29 is 9.53 Å². The molecular weight excluding hydrogens is 140 g/mol. The lowest BCUT2D eigenvalue weighted by Gasteiger charge is -1.94. The molecule has 0 fully saturated rings. The number of hydrogen-bond acceptors (Lipinski definition) is 2. The van der Waals surface area contributed by atoms with E-state index < -0.39 is 0 Å². The number of methoxy groups -OCH3 is 1. The highest BCUT2D eigenvalue weighted by molar-refractivity contribution is 5.77. The van der Waals surface area contributed by atoms with Gasteiger partial charge in [-0.1, -0.05) is 12.7 Å². The van der Waals surface area contributed by atoms with Crippen LogP contribution in [0.25, 0.3) is 0 Å². The Morgan fingerprint density at radius 3 is 2.45 bits per heavy atom. The first-order valence-corrected chi connectivity index (χ1v) is 3.27. The average molecular weight is 152 g/mol.